The van der Waals surface area contributed by atoms with Crippen LogP contribution in [0.3, 0.4) is 0 Å². The standard InChI is InChI=1S/C13H20FN3/c14-11-5-3-6-12(13(11)15)16-7-4-10-17-8-1-2-9-17/h3,5-6,16H,1-2,4,7-10,15H2. The molecule has 1 saturated heterocycles. The highest BCUT2D eigenvalue weighted by atomic mass is 19.1. The van der Waals surface area contributed by atoms with Gasteiger partial charge < -0.3 is 16.0 Å². The van der Waals surface area contributed by atoms with E-state index in [1.165, 1.54) is 32.0 Å². The maximum atomic E-state index is 13.2. The van der Waals surface area contributed by atoms with Gasteiger partial charge in [-0.3, -0.25) is 0 Å². The summed E-state index contributed by atoms with van der Waals surface area (Å²) in [5.74, 6) is -0.352. The molecule has 1 aliphatic heterocycles. The van der Waals surface area contributed by atoms with E-state index in [0.717, 1.165) is 19.5 Å². The molecule has 1 heterocycles. The Morgan fingerprint density at radius 2 is 2.06 bits per heavy atom. The molecule has 3 N–H and O–H groups in total. The van der Waals surface area contributed by atoms with Gasteiger partial charge in [0.15, 0.2) is 0 Å². The molecule has 1 aromatic carbocycles. The summed E-state index contributed by atoms with van der Waals surface area (Å²) in [5, 5.41) is 3.19. The lowest BCUT2D eigenvalue weighted by molar-refractivity contribution is 0.337. The zero-order chi connectivity index (χ0) is 12.1. The SMILES string of the molecule is Nc1c(F)cccc1NCCCN1CCCC1. The quantitative estimate of drug-likeness (QED) is 0.610. The number of hydrogen-bond donors (Lipinski definition) is 2. The van der Waals surface area contributed by atoms with Gasteiger partial charge in [-0.25, -0.2) is 4.39 Å². The Balaban J connectivity index is 1.72. The number of benzene rings is 1. The van der Waals surface area contributed by atoms with Gasteiger partial charge in [0.1, 0.15) is 5.82 Å². The summed E-state index contributed by atoms with van der Waals surface area (Å²) < 4.78 is 13.2. The van der Waals surface area contributed by atoms with Crippen LogP contribution < -0.4 is 11.1 Å². The number of rotatable bonds is 5. The summed E-state index contributed by atoms with van der Waals surface area (Å²) in [6.07, 6.45) is 3.71. The third-order valence-electron chi connectivity index (χ3n) is 3.22. The molecule has 0 atom stereocenters. The minimum absolute atomic E-state index is 0.216. The molecule has 0 bridgehead atoms. The normalized spacial score (nSPS) is 16.3. The molecule has 1 aromatic rings. The number of halogens is 1. The fourth-order valence-corrected chi connectivity index (χ4v) is 2.22. The Labute approximate surface area is 102 Å². The zero-order valence-corrected chi connectivity index (χ0v) is 10.1. The number of nitrogens with zero attached hydrogens (tertiary/aromatic N) is 1. The lowest BCUT2D eigenvalue weighted by atomic mass is 10.2. The zero-order valence-electron chi connectivity index (χ0n) is 10.1. The predicted octanol–water partition coefficient (Wildman–Crippen LogP) is 2.31. The van der Waals surface area contributed by atoms with Gasteiger partial charge in [0, 0.05) is 6.54 Å². The largest absolute Gasteiger partial charge is 0.395 e. The van der Waals surface area contributed by atoms with E-state index in [4.69, 9.17) is 5.73 Å². The molecule has 94 valence electrons. The van der Waals surface area contributed by atoms with Crippen molar-refractivity contribution in [3.8, 4) is 0 Å². The van der Waals surface area contributed by atoms with Crippen molar-refractivity contribution in [1.82, 2.24) is 4.90 Å². The van der Waals surface area contributed by atoms with Gasteiger partial charge in [-0.15, -0.1) is 0 Å². The third-order valence-corrected chi connectivity index (χ3v) is 3.22. The summed E-state index contributed by atoms with van der Waals surface area (Å²) in [4.78, 5) is 2.47. The van der Waals surface area contributed by atoms with Gasteiger partial charge in [-0.1, -0.05) is 6.07 Å². The van der Waals surface area contributed by atoms with Crippen LogP contribution >= 0.6 is 0 Å². The van der Waals surface area contributed by atoms with E-state index in [9.17, 15) is 4.39 Å². The number of likely N-dealkylation sites (tertiary alicyclic amines) is 1. The number of nitrogens with one attached hydrogen (secondary N) is 1. The minimum Gasteiger partial charge on any atom is -0.395 e. The lowest BCUT2D eigenvalue weighted by Gasteiger charge is -2.15. The first-order valence-corrected chi connectivity index (χ1v) is 6.27. The Hall–Kier alpha value is -1.29. The molecule has 0 amide bonds. The second kappa shape index (κ2) is 5.87. The number of hydrogen-bond acceptors (Lipinski definition) is 3. The first kappa shape index (κ1) is 12.2. The average molecular weight is 237 g/mol. The molecule has 1 aliphatic rings. The smallest absolute Gasteiger partial charge is 0.148 e. The molecule has 0 saturated carbocycles. The molecule has 17 heavy (non-hydrogen) atoms. The van der Waals surface area contributed by atoms with Crippen molar-refractivity contribution in [3.63, 3.8) is 0 Å². The van der Waals surface area contributed by atoms with Crippen LogP contribution in [-0.2, 0) is 0 Å². The van der Waals surface area contributed by atoms with Gasteiger partial charge in [0.25, 0.3) is 0 Å². The van der Waals surface area contributed by atoms with Crippen molar-refractivity contribution in [3.05, 3.63) is 24.0 Å². The number of anilines is 2. The molecule has 0 aromatic heterocycles. The highest BCUT2D eigenvalue weighted by Gasteiger charge is 2.10. The van der Waals surface area contributed by atoms with Crippen LogP contribution in [0.4, 0.5) is 15.8 Å². The van der Waals surface area contributed by atoms with Crippen LogP contribution in [-0.4, -0.2) is 31.1 Å². The highest BCUT2D eigenvalue weighted by Crippen LogP contribution is 2.20. The van der Waals surface area contributed by atoms with Gasteiger partial charge in [0.2, 0.25) is 0 Å². The lowest BCUT2D eigenvalue weighted by Crippen LogP contribution is -2.22. The predicted molar refractivity (Wildman–Crippen MR) is 69.6 cm³/mol. The highest BCUT2D eigenvalue weighted by molar-refractivity contribution is 5.66. The maximum Gasteiger partial charge on any atom is 0.148 e. The fourth-order valence-electron chi connectivity index (χ4n) is 2.22. The molecule has 0 spiro atoms. The number of nitrogens with two attached hydrogens (primary N) is 1. The van der Waals surface area contributed by atoms with Crippen LogP contribution in [0.5, 0.6) is 0 Å². The van der Waals surface area contributed by atoms with Crippen molar-refractivity contribution in [2.75, 3.05) is 37.2 Å². The maximum absolute atomic E-state index is 13.2. The summed E-state index contributed by atoms with van der Waals surface area (Å²) in [7, 11) is 0. The van der Waals surface area contributed by atoms with Gasteiger partial charge in [0.05, 0.1) is 11.4 Å². The summed E-state index contributed by atoms with van der Waals surface area (Å²) >= 11 is 0. The van der Waals surface area contributed by atoms with Crippen molar-refractivity contribution in [2.45, 2.75) is 19.3 Å². The molecule has 0 aliphatic carbocycles. The Morgan fingerprint density at radius 1 is 1.29 bits per heavy atom. The number of nitrogen functional groups attached to an aromatic ring is 1. The molecular weight excluding hydrogens is 217 g/mol. The van der Waals surface area contributed by atoms with Crippen LogP contribution in [0.25, 0.3) is 0 Å². The van der Waals surface area contributed by atoms with Crippen molar-refractivity contribution < 1.29 is 4.39 Å². The summed E-state index contributed by atoms with van der Waals surface area (Å²) in [5.41, 5.74) is 6.56. The third kappa shape index (κ3) is 3.33. The first-order valence-electron chi connectivity index (χ1n) is 6.27. The van der Waals surface area contributed by atoms with Gasteiger partial charge in [-0.2, -0.15) is 0 Å². The van der Waals surface area contributed by atoms with Crippen molar-refractivity contribution >= 4 is 11.4 Å². The van der Waals surface area contributed by atoms with Gasteiger partial charge >= 0.3 is 0 Å². The monoisotopic (exact) mass is 237 g/mol. The van der Waals surface area contributed by atoms with Crippen LogP contribution in [0.15, 0.2) is 18.2 Å². The Morgan fingerprint density at radius 3 is 2.82 bits per heavy atom. The van der Waals surface area contributed by atoms with E-state index < -0.39 is 0 Å². The van der Waals surface area contributed by atoms with Crippen molar-refractivity contribution in [1.29, 1.82) is 0 Å². The van der Waals surface area contributed by atoms with E-state index in [2.05, 4.69) is 10.2 Å². The molecular formula is C13H20FN3. The molecule has 2 rings (SSSR count). The Bertz CT molecular complexity index is 362. The fraction of sp³-hybridized carbons (Fsp3) is 0.538. The second-order valence-electron chi connectivity index (χ2n) is 4.53. The second-order valence-corrected chi connectivity index (χ2v) is 4.53. The summed E-state index contributed by atoms with van der Waals surface area (Å²) in [6, 6.07) is 4.87. The van der Waals surface area contributed by atoms with E-state index >= 15 is 0 Å². The van der Waals surface area contributed by atoms with Crippen LogP contribution in [0.2, 0.25) is 0 Å². The molecule has 0 radical (unpaired) electrons. The van der Waals surface area contributed by atoms with Crippen LogP contribution in [0.1, 0.15) is 19.3 Å². The average Bonchev–Trinajstić information content (AvgIpc) is 2.83. The molecule has 3 nitrogen and oxygen atoms in total. The number of para-hydroxylation sites is 1. The van der Waals surface area contributed by atoms with E-state index in [1.807, 2.05) is 6.07 Å². The van der Waals surface area contributed by atoms with E-state index in [-0.39, 0.29) is 11.5 Å². The van der Waals surface area contributed by atoms with E-state index in [0.29, 0.717) is 5.69 Å². The molecule has 0 unspecified atom stereocenters. The van der Waals surface area contributed by atoms with Crippen molar-refractivity contribution in [2.24, 2.45) is 0 Å². The molecule has 4 heteroatoms. The molecule has 1 fully saturated rings. The summed E-state index contributed by atoms with van der Waals surface area (Å²) in [6.45, 7) is 4.40. The first-order chi connectivity index (χ1) is 8.27. The minimum atomic E-state index is -0.352. The van der Waals surface area contributed by atoms with Gasteiger partial charge in [-0.05, 0) is 51.0 Å². The van der Waals surface area contributed by atoms with Crippen LogP contribution in [0, 0.1) is 5.82 Å². The Kier molecular flexibility index (Phi) is 4.20. The van der Waals surface area contributed by atoms with E-state index in [1.54, 1.807) is 6.07 Å². The topological polar surface area (TPSA) is 41.3 Å².